The fourth-order valence-electron chi connectivity index (χ4n) is 2.92. The molecular weight excluding hydrogens is 391 g/mol. The highest BCUT2D eigenvalue weighted by atomic mass is 32.2. The van der Waals surface area contributed by atoms with E-state index in [0.717, 1.165) is 6.26 Å². The number of carbonyl (C=O) groups is 1. The monoisotopic (exact) mass is 410 g/mol. The van der Waals surface area contributed by atoms with Gasteiger partial charge in [-0.1, -0.05) is 12.1 Å². The number of amides is 1. The average molecular weight is 410 g/mol. The molecule has 0 fully saturated rings. The maximum atomic E-state index is 12.9. The maximum Gasteiger partial charge on any atom is 0.296 e. The second-order valence-corrected chi connectivity index (χ2v) is 8.39. The fourth-order valence-corrected chi connectivity index (χ4v) is 3.75. The SMILES string of the molecule is CS(=O)(=O)N1CCc2nc(C(=O)NCc3ccc(F)cc3)c(O)c(=O)n2CC1. The Balaban J connectivity index is 1.83. The van der Waals surface area contributed by atoms with E-state index in [-0.39, 0.29) is 38.4 Å². The molecule has 1 amide bonds. The van der Waals surface area contributed by atoms with Gasteiger partial charge in [-0.05, 0) is 17.7 Å². The Bertz CT molecular complexity index is 1070. The van der Waals surface area contributed by atoms with Crippen LogP contribution in [0, 0.1) is 5.82 Å². The van der Waals surface area contributed by atoms with Gasteiger partial charge < -0.3 is 10.4 Å². The third-order valence-corrected chi connectivity index (χ3v) is 5.74. The van der Waals surface area contributed by atoms with Crippen molar-refractivity contribution in [3.63, 3.8) is 0 Å². The molecule has 9 nitrogen and oxygen atoms in total. The van der Waals surface area contributed by atoms with Crippen molar-refractivity contribution in [3.05, 3.63) is 57.5 Å². The summed E-state index contributed by atoms with van der Waals surface area (Å²) in [6.07, 6.45) is 1.20. The van der Waals surface area contributed by atoms with Gasteiger partial charge in [-0.3, -0.25) is 14.2 Å². The largest absolute Gasteiger partial charge is 0.501 e. The van der Waals surface area contributed by atoms with Gasteiger partial charge >= 0.3 is 0 Å². The zero-order chi connectivity index (χ0) is 20.5. The lowest BCUT2D eigenvalue weighted by atomic mass is 10.2. The first-order chi connectivity index (χ1) is 13.2. The van der Waals surface area contributed by atoms with Gasteiger partial charge in [0, 0.05) is 32.6 Å². The number of halogens is 1. The van der Waals surface area contributed by atoms with E-state index in [4.69, 9.17) is 0 Å². The van der Waals surface area contributed by atoms with Gasteiger partial charge in [-0.25, -0.2) is 17.8 Å². The topological polar surface area (TPSA) is 122 Å². The van der Waals surface area contributed by atoms with E-state index in [9.17, 15) is 27.5 Å². The van der Waals surface area contributed by atoms with Crippen LogP contribution >= 0.6 is 0 Å². The van der Waals surface area contributed by atoms with Crippen molar-refractivity contribution in [3.8, 4) is 5.75 Å². The van der Waals surface area contributed by atoms with E-state index in [0.29, 0.717) is 5.56 Å². The van der Waals surface area contributed by atoms with Crippen LogP contribution < -0.4 is 10.9 Å². The number of aromatic nitrogens is 2. The summed E-state index contributed by atoms with van der Waals surface area (Å²) in [6.45, 7) is 0.273. The molecule has 1 aliphatic rings. The molecule has 0 bridgehead atoms. The van der Waals surface area contributed by atoms with Crippen LogP contribution in [0.3, 0.4) is 0 Å². The second-order valence-electron chi connectivity index (χ2n) is 6.40. The molecule has 2 heterocycles. The molecule has 1 aromatic carbocycles. The summed E-state index contributed by atoms with van der Waals surface area (Å²) in [5, 5.41) is 12.7. The van der Waals surface area contributed by atoms with Gasteiger partial charge in [0.15, 0.2) is 5.69 Å². The quantitative estimate of drug-likeness (QED) is 0.722. The predicted octanol–water partition coefficient (Wildman–Crippen LogP) is -0.164. The Morgan fingerprint density at radius 3 is 2.57 bits per heavy atom. The first-order valence-electron chi connectivity index (χ1n) is 8.47. The van der Waals surface area contributed by atoms with Crippen molar-refractivity contribution in [2.75, 3.05) is 19.3 Å². The number of rotatable bonds is 4. The first kappa shape index (κ1) is 20.0. The van der Waals surface area contributed by atoms with E-state index in [1.807, 2.05) is 0 Å². The highest BCUT2D eigenvalue weighted by molar-refractivity contribution is 7.88. The van der Waals surface area contributed by atoms with Gasteiger partial charge in [0.05, 0.1) is 6.26 Å². The predicted molar refractivity (Wildman–Crippen MR) is 97.9 cm³/mol. The van der Waals surface area contributed by atoms with Crippen molar-refractivity contribution in [1.82, 2.24) is 19.2 Å². The third-order valence-electron chi connectivity index (χ3n) is 4.43. The smallest absolute Gasteiger partial charge is 0.296 e. The molecule has 0 spiro atoms. The maximum absolute atomic E-state index is 12.9. The van der Waals surface area contributed by atoms with Crippen LogP contribution in [0.25, 0.3) is 0 Å². The summed E-state index contributed by atoms with van der Waals surface area (Å²) in [7, 11) is -3.44. The van der Waals surface area contributed by atoms with E-state index in [2.05, 4.69) is 10.3 Å². The van der Waals surface area contributed by atoms with Crippen molar-refractivity contribution in [2.45, 2.75) is 19.5 Å². The Hall–Kier alpha value is -2.79. The van der Waals surface area contributed by atoms with Crippen LogP contribution in [0.4, 0.5) is 4.39 Å². The summed E-state index contributed by atoms with van der Waals surface area (Å²) < 4.78 is 38.8. The summed E-state index contributed by atoms with van der Waals surface area (Å²) >= 11 is 0. The zero-order valence-electron chi connectivity index (χ0n) is 15.1. The van der Waals surface area contributed by atoms with Crippen LogP contribution in [-0.2, 0) is 29.5 Å². The summed E-state index contributed by atoms with van der Waals surface area (Å²) in [6, 6.07) is 5.49. The molecule has 0 atom stereocenters. The highest BCUT2D eigenvalue weighted by Gasteiger charge is 2.26. The number of aromatic hydroxyl groups is 1. The van der Waals surface area contributed by atoms with Crippen molar-refractivity contribution >= 4 is 15.9 Å². The fraction of sp³-hybridized carbons (Fsp3) is 0.353. The second kappa shape index (κ2) is 7.68. The van der Waals surface area contributed by atoms with Gasteiger partial charge in [0.25, 0.3) is 11.5 Å². The summed E-state index contributed by atoms with van der Waals surface area (Å²) in [4.78, 5) is 28.9. The minimum absolute atomic E-state index is 0.0271. The van der Waals surface area contributed by atoms with Gasteiger partial charge in [0.1, 0.15) is 11.6 Å². The summed E-state index contributed by atoms with van der Waals surface area (Å²) in [5.74, 6) is -1.74. The van der Waals surface area contributed by atoms with Gasteiger partial charge in [-0.15, -0.1) is 0 Å². The highest BCUT2D eigenvalue weighted by Crippen LogP contribution is 2.14. The van der Waals surface area contributed by atoms with Crippen molar-refractivity contribution in [1.29, 1.82) is 0 Å². The molecule has 0 saturated heterocycles. The van der Waals surface area contributed by atoms with Crippen LogP contribution in [0.1, 0.15) is 21.9 Å². The number of benzene rings is 1. The Kier molecular flexibility index (Phi) is 5.47. The molecule has 1 aromatic heterocycles. The summed E-state index contributed by atoms with van der Waals surface area (Å²) in [5.41, 5.74) is -0.594. The minimum Gasteiger partial charge on any atom is -0.501 e. The van der Waals surface area contributed by atoms with Crippen molar-refractivity contribution < 1.29 is 22.7 Å². The number of sulfonamides is 1. The number of hydrogen-bond acceptors (Lipinski definition) is 6. The number of nitrogens with zero attached hydrogens (tertiary/aromatic N) is 3. The molecular formula is C17H19FN4O5S. The lowest BCUT2D eigenvalue weighted by Gasteiger charge is -2.15. The normalized spacial score (nSPS) is 14.9. The number of hydrogen-bond donors (Lipinski definition) is 2. The molecule has 2 N–H and O–H groups in total. The average Bonchev–Trinajstić information content (AvgIpc) is 2.86. The van der Waals surface area contributed by atoms with Crippen LogP contribution in [0.5, 0.6) is 5.75 Å². The lowest BCUT2D eigenvalue weighted by molar-refractivity contribution is 0.0941. The zero-order valence-corrected chi connectivity index (χ0v) is 15.9. The molecule has 1 aliphatic heterocycles. The molecule has 3 rings (SSSR count). The molecule has 28 heavy (non-hydrogen) atoms. The van der Waals surface area contributed by atoms with Crippen molar-refractivity contribution in [2.24, 2.45) is 0 Å². The van der Waals surface area contributed by atoms with Gasteiger partial charge in [0.2, 0.25) is 15.8 Å². The number of carbonyl (C=O) groups excluding carboxylic acids is 1. The Morgan fingerprint density at radius 2 is 1.93 bits per heavy atom. The molecule has 2 aromatic rings. The third kappa shape index (κ3) is 4.20. The minimum atomic E-state index is -3.44. The number of fused-ring (bicyclic) bond motifs is 1. The van der Waals surface area contributed by atoms with Crippen LogP contribution in [0.2, 0.25) is 0 Å². The van der Waals surface area contributed by atoms with E-state index in [1.54, 1.807) is 0 Å². The molecule has 0 unspecified atom stereocenters. The molecule has 0 radical (unpaired) electrons. The van der Waals surface area contributed by atoms with Gasteiger partial charge in [-0.2, -0.15) is 4.31 Å². The molecule has 150 valence electrons. The Morgan fingerprint density at radius 1 is 1.25 bits per heavy atom. The lowest BCUT2D eigenvalue weighted by Crippen LogP contribution is -2.33. The Labute approximate surface area is 160 Å². The molecule has 11 heteroatoms. The van der Waals surface area contributed by atoms with E-state index >= 15 is 0 Å². The first-order valence-corrected chi connectivity index (χ1v) is 10.3. The van der Waals surface area contributed by atoms with E-state index < -0.39 is 38.8 Å². The number of nitrogens with one attached hydrogen (secondary N) is 1. The van der Waals surface area contributed by atoms with E-state index in [1.165, 1.54) is 33.1 Å². The molecule has 0 saturated carbocycles. The van der Waals surface area contributed by atoms with Crippen LogP contribution in [-0.4, -0.2) is 52.6 Å². The standard InChI is InChI=1S/C17H19FN4O5S/c1-28(26,27)21-7-6-13-20-14(15(23)17(25)22(13)9-8-21)16(24)19-10-11-2-4-12(18)5-3-11/h2-5,23H,6-10H2,1H3,(H,19,24). The van der Waals surface area contributed by atoms with Crippen LogP contribution in [0.15, 0.2) is 29.1 Å². The molecule has 0 aliphatic carbocycles.